The first-order chi connectivity index (χ1) is 8.25. The first-order valence-electron chi connectivity index (χ1n) is 5.27. The summed E-state index contributed by atoms with van der Waals surface area (Å²) in [5, 5.41) is 8.24. The van der Waals surface area contributed by atoms with Gasteiger partial charge in [-0.2, -0.15) is 0 Å². The highest BCUT2D eigenvalue weighted by Gasteiger charge is 2.10. The van der Waals surface area contributed by atoms with Crippen LogP contribution in [-0.4, -0.2) is 19.6 Å². The molecule has 5 nitrogen and oxygen atoms in total. The molecule has 0 radical (unpaired) electrons. The number of benzene rings is 1. The van der Waals surface area contributed by atoms with E-state index in [1.807, 2.05) is 35.6 Å². The van der Waals surface area contributed by atoms with Gasteiger partial charge in [0, 0.05) is 23.5 Å². The number of nitrogens with zero attached hydrogens (tertiary/aromatic N) is 4. The zero-order valence-corrected chi connectivity index (χ0v) is 9.33. The van der Waals surface area contributed by atoms with Gasteiger partial charge in [0.15, 0.2) is 11.5 Å². The van der Waals surface area contributed by atoms with E-state index in [0.717, 1.165) is 16.8 Å². The summed E-state index contributed by atoms with van der Waals surface area (Å²) >= 11 is 0. The average Bonchev–Trinajstić information content (AvgIpc) is 2.76. The van der Waals surface area contributed by atoms with Gasteiger partial charge in [0.2, 0.25) is 0 Å². The zero-order chi connectivity index (χ0) is 11.8. The highest BCUT2D eigenvalue weighted by molar-refractivity contribution is 5.73. The summed E-state index contributed by atoms with van der Waals surface area (Å²) < 4.78 is 1.82. The molecule has 0 saturated heterocycles. The van der Waals surface area contributed by atoms with Crippen LogP contribution in [0.1, 0.15) is 5.56 Å². The molecule has 0 amide bonds. The molecule has 0 aliphatic rings. The van der Waals surface area contributed by atoms with Crippen molar-refractivity contribution >= 4 is 11.3 Å². The first kappa shape index (κ1) is 9.77. The summed E-state index contributed by atoms with van der Waals surface area (Å²) in [7, 11) is 0. The Labute approximate surface area is 97.9 Å². The van der Waals surface area contributed by atoms with Crippen molar-refractivity contribution in [1.29, 1.82) is 0 Å². The molecule has 0 unspecified atom stereocenters. The Hall–Kier alpha value is -2.43. The van der Waals surface area contributed by atoms with Gasteiger partial charge >= 0.3 is 0 Å². The van der Waals surface area contributed by atoms with E-state index >= 15 is 0 Å². The van der Waals surface area contributed by atoms with Crippen molar-refractivity contribution in [2.75, 3.05) is 5.73 Å². The average molecular weight is 225 g/mol. The molecule has 1 aromatic carbocycles. The minimum absolute atomic E-state index is 0.689. The molecule has 5 heteroatoms. The molecular formula is C12H11N5. The van der Waals surface area contributed by atoms with Gasteiger partial charge in [-0.15, -0.1) is 10.2 Å². The number of rotatable bonds is 1. The second-order valence-electron chi connectivity index (χ2n) is 3.92. The summed E-state index contributed by atoms with van der Waals surface area (Å²) in [5.74, 6) is 0.717. The predicted molar refractivity (Wildman–Crippen MR) is 65.4 cm³/mol. The third kappa shape index (κ3) is 1.52. The van der Waals surface area contributed by atoms with Gasteiger partial charge in [-0.1, -0.05) is 11.6 Å². The molecule has 0 atom stereocenters. The van der Waals surface area contributed by atoms with Crippen LogP contribution in [0.3, 0.4) is 0 Å². The number of hydrogen-bond donors (Lipinski definition) is 1. The van der Waals surface area contributed by atoms with Crippen molar-refractivity contribution in [3.05, 3.63) is 42.4 Å². The predicted octanol–water partition coefficient (Wildman–Crippen LogP) is 1.68. The fraction of sp³-hybridized carbons (Fsp3) is 0.0833. The summed E-state index contributed by atoms with van der Waals surface area (Å²) in [6.45, 7) is 2.02. The molecule has 2 N–H and O–H groups in total. The fourth-order valence-corrected chi connectivity index (χ4v) is 1.79. The van der Waals surface area contributed by atoms with E-state index in [9.17, 15) is 0 Å². The van der Waals surface area contributed by atoms with Crippen molar-refractivity contribution < 1.29 is 0 Å². The molecule has 2 aromatic heterocycles. The normalized spacial score (nSPS) is 10.9. The zero-order valence-electron chi connectivity index (χ0n) is 9.33. The minimum Gasteiger partial charge on any atom is -0.398 e. The highest BCUT2D eigenvalue weighted by Crippen LogP contribution is 2.25. The monoisotopic (exact) mass is 225 g/mol. The highest BCUT2D eigenvalue weighted by atomic mass is 15.3. The second-order valence-corrected chi connectivity index (χ2v) is 3.92. The molecule has 2 heterocycles. The molecule has 17 heavy (non-hydrogen) atoms. The lowest BCUT2D eigenvalue weighted by molar-refractivity contribution is 1.08. The Balaban J connectivity index is 2.31. The molecular weight excluding hydrogens is 214 g/mol. The Morgan fingerprint density at radius 2 is 2.06 bits per heavy atom. The molecule has 0 aliphatic heterocycles. The molecule has 0 fully saturated rings. The van der Waals surface area contributed by atoms with Crippen LogP contribution in [0.5, 0.6) is 0 Å². The van der Waals surface area contributed by atoms with Crippen LogP contribution in [0, 0.1) is 6.92 Å². The lowest BCUT2D eigenvalue weighted by Gasteiger charge is -2.04. The topological polar surface area (TPSA) is 69.1 Å². The van der Waals surface area contributed by atoms with Crippen molar-refractivity contribution in [2.24, 2.45) is 0 Å². The second kappa shape index (κ2) is 3.55. The maximum absolute atomic E-state index is 5.97. The Kier molecular flexibility index (Phi) is 2.04. The van der Waals surface area contributed by atoms with Crippen LogP contribution >= 0.6 is 0 Å². The van der Waals surface area contributed by atoms with Crippen LogP contribution in [-0.2, 0) is 0 Å². The summed E-state index contributed by atoms with van der Waals surface area (Å²) in [5.41, 5.74) is 9.43. The molecule has 84 valence electrons. The lowest BCUT2D eigenvalue weighted by Crippen LogP contribution is -1.95. The number of aryl methyl sites for hydroxylation is 1. The maximum atomic E-state index is 5.97. The summed E-state index contributed by atoms with van der Waals surface area (Å²) in [6.07, 6.45) is 3.37. The maximum Gasteiger partial charge on any atom is 0.171 e. The molecule has 0 saturated carbocycles. The van der Waals surface area contributed by atoms with Crippen LogP contribution in [0.15, 0.2) is 36.8 Å². The van der Waals surface area contributed by atoms with Gasteiger partial charge in [-0.05, 0) is 19.1 Å². The smallest absolute Gasteiger partial charge is 0.171 e. The Morgan fingerprint density at radius 1 is 1.18 bits per heavy atom. The molecule has 0 spiro atoms. The van der Waals surface area contributed by atoms with Gasteiger partial charge in [-0.3, -0.25) is 4.40 Å². The third-order valence-corrected chi connectivity index (χ3v) is 2.66. The van der Waals surface area contributed by atoms with E-state index in [0.29, 0.717) is 11.5 Å². The van der Waals surface area contributed by atoms with Gasteiger partial charge in [0.05, 0.1) is 0 Å². The van der Waals surface area contributed by atoms with Gasteiger partial charge in [0.25, 0.3) is 0 Å². The fourth-order valence-electron chi connectivity index (χ4n) is 1.79. The van der Waals surface area contributed by atoms with Crippen molar-refractivity contribution in [3.63, 3.8) is 0 Å². The van der Waals surface area contributed by atoms with Gasteiger partial charge in [-0.25, -0.2) is 4.98 Å². The SMILES string of the molecule is Cc1ccc(N)c(-c2nnc3ccncn23)c1. The van der Waals surface area contributed by atoms with Crippen LogP contribution in [0.4, 0.5) is 5.69 Å². The molecule has 3 aromatic rings. The third-order valence-electron chi connectivity index (χ3n) is 2.66. The van der Waals surface area contributed by atoms with Crippen molar-refractivity contribution in [2.45, 2.75) is 6.92 Å². The van der Waals surface area contributed by atoms with Gasteiger partial charge < -0.3 is 5.73 Å². The van der Waals surface area contributed by atoms with E-state index in [-0.39, 0.29) is 0 Å². The number of aromatic nitrogens is 4. The number of nitrogen functional groups attached to an aromatic ring is 1. The van der Waals surface area contributed by atoms with Crippen LogP contribution < -0.4 is 5.73 Å². The van der Waals surface area contributed by atoms with Crippen LogP contribution in [0.2, 0.25) is 0 Å². The number of hydrogen-bond acceptors (Lipinski definition) is 4. The Morgan fingerprint density at radius 3 is 2.94 bits per heavy atom. The summed E-state index contributed by atoms with van der Waals surface area (Å²) in [4.78, 5) is 4.07. The standard InChI is InChI=1S/C12H11N5/c1-8-2-3-10(13)9(6-8)12-16-15-11-4-5-14-7-17(11)12/h2-7H,13H2,1H3. The van der Waals surface area contributed by atoms with E-state index < -0.39 is 0 Å². The molecule has 0 aliphatic carbocycles. The number of nitrogens with two attached hydrogens (primary N) is 1. The lowest BCUT2D eigenvalue weighted by atomic mass is 10.1. The van der Waals surface area contributed by atoms with Crippen molar-refractivity contribution in [1.82, 2.24) is 19.6 Å². The largest absolute Gasteiger partial charge is 0.398 e. The Bertz CT molecular complexity index is 686. The molecule has 0 bridgehead atoms. The van der Waals surface area contributed by atoms with E-state index in [1.165, 1.54) is 0 Å². The van der Waals surface area contributed by atoms with Crippen molar-refractivity contribution in [3.8, 4) is 11.4 Å². The minimum atomic E-state index is 0.689. The molecule has 3 rings (SSSR count). The van der Waals surface area contributed by atoms with Gasteiger partial charge in [0.1, 0.15) is 6.33 Å². The van der Waals surface area contributed by atoms with E-state index in [2.05, 4.69) is 15.2 Å². The number of anilines is 1. The van der Waals surface area contributed by atoms with Crippen LogP contribution in [0.25, 0.3) is 17.0 Å². The first-order valence-corrected chi connectivity index (χ1v) is 5.27. The quantitative estimate of drug-likeness (QED) is 0.640. The summed E-state index contributed by atoms with van der Waals surface area (Å²) in [6, 6.07) is 7.66. The van der Waals surface area contributed by atoms with E-state index in [1.54, 1.807) is 12.5 Å². The number of fused-ring (bicyclic) bond motifs is 1. The van der Waals surface area contributed by atoms with E-state index in [4.69, 9.17) is 5.73 Å².